The lowest BCUT2D eigenvalue weighted by atomic mass is 9.94. The Kier molecular flexibility index (Phi) is 13.7. The summed E-state index contributed by atoms with van der Waals surface area (Å²) in [6, 6.07) is 16.3. The average molecular weight is 597 g/mol. The highest BCUT2D eigenvalue weighted by Gasteiger charge is 2.12. The summed E-state index contributed by atoms with van der Waals surface area (Å²) in [7, 11) is 0. The summed E-state index contributed by atoms with van der Waals surface area (Å²) in [5.74, 6) is 3.06. The van der Waals surface area contributed by atoms with E-state index in [0.717, 1.165) is 85.0 Å². The van der Waals surface area contributed by atoms with Crippen molar-refractivity contribution >= 4 is 23.8 Å². The minimum absolute atomic E-state index is 0.331. The summed E-state index contributed by atoms with van der Waals surface area (Å²) in [6.07, 6.45) is 11.5. The van der Waals surface area contributed by atoms with E-state index in [-0.39, 0.29) is 0 Å². The minimum Gasteiger partial charge on any atom is -0.507 e. The predicted molar refractivity (Wildman–Crippen MR) is 190 cm³/mol. The fourth-order valence-corrected chi connectivity index (χ4v) is 5.18. The topological polar surface area (TPSA) is 65.2 Å². The second-order valence-corrected chi connectivity index (χ2v) is 14.2. The van der Waals surface area contributed by atoms with Crippen molar-refractivity contribution in [2.24, 2.45) is 33.7 Å². The van der Waals surface area contributed by atoms with Crippen molar-refractivity contribution in [3.63, 3.8) is 0 Å². The molecule has 3 aromatic carbocycles. The normalized spacial score (nSPS) is 12.3. The van der Waals surface area contributed by atoms with Crippen molar-refractivity contribution < 1.29 is 10.2 Å². The summed E-state index contributed by atoms with van der Waals surface area (Å²) in [6.45, 7) is 17.8. The first kappa shape index (κ1) is 35.1. The van der Waals surface area contributed by atoms with E-state index < -0.39 is 0 Å². The Morgan fingerprint density at radius 2 is 0.886 bits per heavy atom. The Morgan fingerprint density at radius 3 is 1.25 bits per heavy atom. The molecule has 0 aliphatic carbocycles. The quantitative estimate of drug-likeness (QED) is 0.162. The van der Waals surface area contributed by atoms with Crippen LogP contribution in [0.3, 0.4) is 0 Å². The monoisotopic (exact) mass is 596 g/mol. The van der Waals surface area contributed by atoms with Crippen LogP contribution in [0.1, 0.15) is 114 Å². The van der Waals surface area contributed by atoms with Crippen LogP contribution < -0.4 is 0 Å². The predicted octanol–water partition coefficient (Wildman–Crippen LogP) is 11.0. The van der Waals surface area contributed by atoms with Gasteiger partial charge in [0.15, 0.2) is 0 Å². The van der Waals surface area contributed by atoms with Crippen molar-refractivity contribution in [2.75, 3.05) is 0 Å². The number of benzene rings is 3. The highest BCUT2D eigenvalue weighted by atomic mass is 16.3. The van der Waals surface area contributed by atoms with Gasteiger partial charge in [0.25, 0.3) is 0 Å². The van der Waals surface area contributed by atoms with E-state index in [0.29, 0.717) is 35.2 Å². The highest BCUT2D eigenvalue weighted by Crippen LogP contribution is 2.30. The standard InChI is InChI=1S/C40H56N2O2/c1-27(2)12-16-31-20-33(18-14-29(5)6)39(43)35(22-31)25-41-37-10-9-11-38(24-37)42-26-36-23-32(17-13-28(3)4)21-34(40(36)44)19-15-30(7)8/h9-11,20-30,43-44H,12-19H2,1-8H3. The van der Waals surface area contributed by atoms with E-state index in [1.807, 2.05) is 24.3 Å². The number of hydrogen-bond acceptors (Lipinski definition) is 4. The van der Waals surface area contributed by atoms with Gasteiger partial charge >= 0.3 is 0 Å². The second kappa shape index (κ2) is 17.2. The van der Waals surface area contributed by atoms with Crippen LogP contribution in [-0.2, 0) is 25.7 Å². The molecule has 4 nitrogen and oxygen atoms in total. The Morgan fingerprint density at radius 1 is 0.523 bits per heavy atom. The summed E-state index contributed by atoms with van der Waals surface area (Å²) in [5.41, 5.74) is 7.56. The molecule has 0 spiro atoms. The fraction of sp³-hybridized carbons (Fsp3) is 0.500. The summed E-state index contributed by atoms with van der Waals surface area (Å²) in [4.78, 5) is 9.49. The van der Waals surface area contributed by atoms with Crippen LogP contribution in [-0.4, -0.2) is 22.6 Å². The zero-order chi connectivity index (χ0) is 32.2. The number of hydrogen-bond donors (Lipinski definition) is 2. The van der Waals surface area contributed by atoms with Gasteiger partial charge in [-0.15, -0.1) is 0 Å². The molecule has 3 rings (SSSR count). The van der Waals surface area contributed by atoms with E-state index in [1.165, 1.54) is 11.1 Å². The van der Waals surface area contributed by atoms with Crippen molar-refractivity contribution in [1.82, 2.24) is 0 Å². The third-order valence-electron chi connectivity index (χ3n) is 8.09. The largest absolute Gasteiger partial charge is 0.507 e. The summed E-state index contributed by atoms with van der Waals surface area (Å²) >= 11 is 0. The number of rotatable bonds is 16. The summed E-state index contributed by atoms with van der Waals surface area (Å²) < 4.78 is 0. The number of aryl methyl sites for hydroxylation is 4. The van der Waals surface area contributed by atoms with E-state index in [4.69, 9.17) is 9.98 Å². The van der Waals surface area contributed by atoms with E-state index in [1.54, 1.807) is 12.4 Å². The number of phenolic OH excluding ortho intramolecular Hbond substituents is 2. The van der Waals surface area contributed by atoms with Crippen LogP contribution in [0.4, 0.5) is 11.4 Å². The molecule has 0 fully saturated rings. The number of nitrogens with zero attached hydrogens (tertiary/aromatic N) is 2. The summed E-state index contributed by atoms with van der Waals surface area (Å²) in [5, 5.41) is 22.2. The van der Waals surface area contributed by atoms with Crippen LogP contribution in [0.25, 0.3) is 0 Å². The Hall–Kier alpha value is -3.40. The minimum atomic E-state index is 0.331. The molecule has 0 radical (unpaired) electrons. The maximum atomic E-state index is 11.1. The van der Waals surface area contributed by atoms with Gasteiger partial charge in [-0.1, -0.05) is 73.6 Å². The molecule has 0 atom stereocenters. The first-order valence-electron chi connectivity index (χ1n) is 16.8. The Labute approximate surface area is 267 Å². The van der Waals surface area contributed by atoms with Crippen LogP contribution in [0.2, 0.25) is 0 Å². The molecular formula is C40H56N2O2. The Bertz CT molecular complexity index is 1300. The first-order valence-corrected chi connectivity index (χ1v) is 16.8. The molecule has 0 aliphatic rings. The molecule has 0 saturated heterocycles. The fourth-order valence-electron chi connectivity index (χ4n) is 5.18. The second-order valence-electron chi connectivity index (χ2n) is 14.2. The van der Waals surface area contributed by atoms with Gasteiger partial charge in [0.2, 0.25) is 0 Å². The highest BCUT2D eigenvalue weighted by molar-refractivity contribution is 5.88. The van der Waals surface area contributed by atoms with Gasteiger partial charge in [0, 0.05) is 23.6 Å². The number of aromatic hydroxyl groups is 2. The van der Waals surface area contributed by atoms with Gasteiger partial charge in [-0.3, -0.25) is 9.98 Å². The molecule has 0 unspecified atom stereocenters. The van der Waals surface area contributed by atoms with Crippen LogP contribution in [0.5, 0.6) is 11.5 Å². The van der Waals surface area contributed by atoms with Crippen LogP contribution in [0.15, 0.2) is 58.5 Å². The lowest BCUT2D eigenvalue weighted by Crippen LogP contribution is -1.99. The molecule has 0 aliphatic heterocycles. The molecule has 4 heteroatoms. The van der Waals surface area contributed by atoms with Gasteiger partial charge in [-0.25, -0.2) is 0 Å². The van der Waals surface area contributed by atoms with Crippen molar-refractivity contribution in [2.45, 2.75) is 107 Å². The lowest BCUT2D eigenvalue weighted by Gasteiger charge is -2.13. The molecule has 0 heterocycles. The smallest absolute Gasteiger partial charge is 0.127 e. The van der Waals surface area contributed by atoms with Crippen LogP contribution >= 0.6 is 0 Å². The van der Waals surface area contributed by atoms with Gasteiger partial charge in [-0.2, -0.15) is 0 Å². The molecule has 3 aromatic rings. The average Bonchev–Trinajstić information content (AvgIpc) is 2.97. The van der Waals surface area contributed by atoms with E-state index >= 15 is 0 Å². The molecular weight excluding hydrogens is 540 g/mol. The molecule has 0 saturated carbocycles. The Balaban J connectivity index is 1.87. The molecule has 44 heavy (non-hydrogen) atoms. The first-order chi connectivity index (χ1) is 20.9. The van der Waals surface area contributed by atoms with Gasteiger partial charge < -0.3 is 10.2 Å². The number of phenols is 2. The SMILES string of the molecule is CC(C)CCc1cc(C=Nc2cccc(N=Cc3cc(CCC(C)C)cc(CCC(C)C)c3O)c2)c(O)c(CCC(C)C)c1. The molecule has 238 valence electrons. The van der Waals surface area contributed by atoms with E-state index in [9.17, 15) is 10.2 Å². The molecule has 0 amide bonds. The zero-order valence-corrected chi connectivity index (χ0v) is 28.5. The van der Waals surface area contributed by atoms with Gasteiger partial charge in [-0.05, 0) is 128 Å². The lowest BCUT2D eigenvalue weighted by molar-refractivity contribution is 0.461. The van der Waals surface area contributed by atoms with Crippen molar-refractivity contribution in [1.29, 1.82) is 0 Å². The third-order valence-corrected chi connectivity index (χ3v) is 8.09. The molecule has 0 bridgehead atoms. The van der Waals surface area contributed by atoms with Gasteiger partial charge in [0.05, 0.1) is 11.4 Å². The maximum absolute atomic E-state index is 11.1. The van der Waals surface area contributed by atoms with Crippen molar-refractivity contribution in [3.05, 3.63) is 81.9 Å². The molecule has 2 N–H and O–H groups in total. The molecule has 0 aromatic heterocycles. The maximum Gasteiger partial charge on any atom is 0.127 e. The zero-order valence-electron chi connectivity index (χ0n) is 28.5. The van der Waals surface area contributed by atoms with Crippen molar-refractivity contribution in [3.8, 4) is 11.5 Å². The van der Waals surface area contributed by atoms with E-state index in [2.05, 4.69) is 79.7 Å². The third kappa shape index (κ3) is 11.6. The number of aliphatic imine (C=N–C) groups is 2. The van der Waals surface area contributed by atoms with Crippen LogP contribution in [0, 0.1) is 23.7 Å². The van der Waals surface area contributed by atoms with Gasteiger partial charge in [0.1, 0.15) is 11.5 Å².